The van der Waals surface area contributed by atoms with Crippen LogP contribution in [0.1, 0.15) is 33.0 Å². The van der Waals surface area contributed by atoms with E-state index in [-0.39, 0.29) is 5.69 Å². The molecule has 0 bridgehead atoms. The van der Waals surface area contributed by atoms with Gasteiger partial charge in [-0.05, 0) is 39.8 Å². The van der Waals surface area contributed by atoms with Crippen molar-refractivity contribution in [3.63, 3.8) is 0 Å². The summed E-state index contributed by atoms with van der Waals surface area (Å²) in [7, 11) is 0. The number of nitrogens with one attached hydrogen (secondary N) is 3. The summed E-state index contributed by atoms with van der Waals surface area (Å²) in [6.07, 6.45) is 0. The Balaban J connectivity index is 1.85. The second-order valence-corrected chi connectivity index (χ2v) is 6.12. The minimum absolute atomic E-state index is 0.181. The predicted octanol–water partition coefficient (Wildman–Crippen LogP) is 2.65. The zero-order valence-corrected chi connectivity index (χ0v) is 14.5. The second kappa shape index (κ2) is 6.35. The van der Waals surface area contributed by atoms with Crippen molar-refractivity contribution >= 4 is 11.7 Å². The third kappa shape index (κ3) is 3.50. The molecule has 0 aliphatic carbocycles. The summed E-state index contributed by atoms with van der Waals surface area (Å²) in [4.78, 5) is 30.9. The van der Waals surface area contributed by atoms with Crippen molar-refractivity contribution in [2.75, 3.05) is 5.32 Å². The first-order valence-corrected chi connectivity index (χ1v) is 7.86. The number of carbonyl (C=O) groups excluding carboxylic acids is 1. The van der Waals surface area contributed by atoms with Gasteiger partial charge in [0.1, 0.15) is 0 Å². The summed E-state index contributed by atoms with van der Waals surface area (Å²) in [6.45, 7) is 7.50. The first kappa shape index (κ1) is 16.6. The maximum absolute atomic E-state index is 12.3. The molecule has 2 aromatic heterocycles. The molecule has 3 aromatic rings. The molecule has 7 heteroatoms. The van der Waals surface area contributed by atoms with E-state index in [1.54, 1.807) is 19.9 Å². The summed E-state index contributed by atoms with van der Waals surface area (Å²) in [5.41, 5.74) is 4.57. The summed E-state index contributed by atoms with van der Waals surface area (Å²) in [5.74, 6) is -0.263. The lowest BCUT2D eigenvalue weighted by molar-refractivity contribution is 0.102. The van der Waals surface area contributed by atoms with E-state index in [1.165, 1.54) is 0 Å². The Morgan fingerprint density at radius 1 is 1.04 bits per heavy atom. The molecule has 0 saturated heterocycles. The highest BCUT2D eigenvalue weighted by molar-refractivity contribution is 6.02. The van der Waals surface area contributed by atoms with Gasteiger partial charge in [-0.3, -0.25) is 14.7 Å². The molecule has 2 heterocycles. The number of aromatic amines is 2. The van der Waals surface area contributed by atoms with Gasteiger partial charge in [-0.25, -0.2) is 4.98 Å². The number of amides is 1. The minimum Gasteiger partial charge on any atom is -0.323 e. The number of H-pyrrole nitrogens is 2. The van der Waals surface area contributed by atoms with Gasteiger partial charge < -0.3 is 10.3 Å². The van der Waals surface area contributed by atoms with Gasteiger partial charge in [0.2, 0.25) is 0 Å². The van der Waals surface area contributed by atoms with E-state index >= 15 is 0 Å². The van der Waals surface area contributed by atoms with Crippen LogP contribution >= 0.6 is 0 Å². The highest BCUT2D eigenvalue weighted by atomic mass is 16.2. The molecule has 0 aliphatic heterocycles. The smallest absolute Gasteiger partial charge is 0.281 e. The lowest BCUT2D eigenvalue weighted by Crippen LogP contribution is -2.26. The number of anilines is 1. The molecule has 25 heavy (non-hydrogen) atoms. The molecule has 7 nitrogen and oxygen atoms in total. The monoisotopic (exact) mass is 337 g/mol. The highest BCUT2D eigenvalue weighted by Crippen LogP contribution is 2.22. The number of carbonyl (C=O) groups is 1. The van der Waals surface area contributed by atoms with Crippen LogP contribution in [-0.2, 0) is 0 Å². The van der Waals surface area contributed by atoms with E-state index < -0.39 is 11.5 Å². The Bertz CT molecular complexity index is 996. The van der Waals surface area contributed by atoms with E-state index in [0.717, 1.165) is 22.4 Å². The molecule has 3 rings (SSSR count). The maximum Gasteiger partial charge on any atom is 0.281 e. The van der Waals surface area contributed by atoms with Gasteiger partial charge in [0.15, 0.2) is 11.5 Å². The SMILES string of the molecule is Cc1cc(C)cc(-c2cc(NC(=O)c3nc(C)c(C)[nH]c3=O)n[nH]2)c1. The minimum atomic E-state index is -0.595. The van der Waals surface area contributed by atoms with E-state index in [9.17, 15) is 9.59 Å². The molecular weight excluding hydrogens is 318 g/mol. The van der Waals surface area contributed by atoms with Crippen LogP contribution in [0.5, 0.6) is 0 Å². The molecule has 0 atom stereocenters. The van der Waals surface area contributed by atoms with E-state index in [2.05, 4.69) is 31.5 Å². The van der Waals surface area contributed by atoms with Crippen molar-refractivity contribution in [2.24, 2.45) is 0 Å². The quantitative estimate of drug-likeness (QED) is 0.683. The van der Waals surface area contributed by atoms with Gasteiger partial charge in [-0.1, -0.05) is 17.2 Å². The van der Waals surface area contributed by atoms with Crippen LogP contribution in [0.3, 0.4) is 0 Å². The van der Waals surface area contributed by atoms with Crippen LogP contribution < -0.4 is 10.9 Å². The van der Waals surface area contributed by atoms with Crippen LogP contribution in [0.15, 0.2) is 29.1 Å². The topological polar surface area (TPSA) is 104 Å². The van der Waals surface area contributed by atoms with Gasteiger partial charge in [0.05, 0.1) is 11.4 Å². The zero-order valence-electron chi connectivity index (χ0n) is 14.5. The van der Waals surface area contributed by atoms with Gasteiger partial charge in [-0.15, -0.1) is 0 Å². The Labute approximate surface area is 144 Å². The van der Waals surface area contributed by atoms with Crippen LogP contribution in [0.2, 0.25) is 0 Å². The largest absolute Gasteiger partial charge is 0.323 e. The fourth-order valence-corrected chi connectivity index (χ4v) is 2.62. The third-order valence-electron chi connectivity index (χ3n) is 3.91. The van der Waals surface area contributed by atoms with Crippen LogP contribution in [-0.4, -0.2) is 26.1 Å². The van der Waals surface area contributed by atoms with Gasteiger partial charge in [-0.2, -0.15) is 5.10 Å². The van der Waals surface area contributed by atoms with Crippen molar-refractivity contribution in [3.8, 4) is 11.3 Å². The summed E-state index contributed by atoms with van der Waals surface area (Å²) in [5, 5.41) is 9.59. The standard InChI is InChI=1S/C18H19N5O2/c1-9-5-10(2)7-13(6-9)14-8-15(23-22-14)21-18(25)16-17(24)20-12(4)11(3)19-16/h5-8H,1-4H3,(H,20,24)(H2,21,22,23,25). The first-order valence-electron chi connectivity index (χ1n) is 7.86. The Morgan fingerprint density at radius 2 is 1.72 bits per heavy atom. The Kier molecular flexibility index (Phi) is 4.22. The molecular formula is C18H19N5O2. The van der Waals surface area contributed by atoms with E-state index in [1.807, 2.05) is 26.0 Å². The third-order valence-corrected chi connectivity index (χ3v) is 3.91. The lowest BCUT2D eigenvalue weighted by Gasteiger charge is -2.03. The Hall–Kier alpha value is -3.22. The normalized spacial score (nSPS) is 10.7. The summed E-state index contributed by atoms with van der Waals surface area (Å²) < 4.78 is 0. The molecule has 1 aromatic carbocycles. The fourth-order valence-electron chi connectivity index (χ4n) is 2.62. The molecule has 0 radical (unpaired) electrons. The van der Waals surface area contributed by atoms with Crippen molar-refractivity contribution < 1.29 is 4.79 Å². The van der Waals surface area contributed by atoms with Crippen molar-refractivity contribution in [2.45, 2.75) is 27.7 Å². The molecule has 1 amide bonds. The Morgan fingerprint density at radius 3 is 2.40 bits per heavy atom. The van der Waals surface area contributed by atoms with Gasteiger partial charge in [0, 0.05) is 17.3 Å². The molecule has 0 aliphatic rings. The summed E-state index contributed by atoms with van der Waals surface area (Å²) >= 11 is 0. The number of rotatable bonds is 3. The second-order valence-electron chi connectivity index (χ2n) is 6.12. The predicted molar refractivity (Wildman–Crippen MR) is 95.8 cm³/mol. The van der Waals surface area contributed by atoms with Crippen molar-refractivity contribution in [3.05, 3.63) is 62.8 Å². The molecule has 3 N–H and O–H groups in total. The number of aryl methyl sites for hydroxylation is 4. The molecule has 128 valence electrons. The summed E-state index contributed by atoms with van der Waals surface area (Å²) in [6, 6.07) is 7.87. The number of nitrogens with zero attached hydrogens (tertiary/aromatic N) is 2. The number of hydrogen-bond donors (Lipinski definition) is 3. The zero-order chi connectivity index (χ0) is 18.1. The molecule has 0 saturated carbocycles. The van der Waals surface area contributed by atoms with Gasteiger partial charge in [0.25, 0.3) is 11.5 Å². The van der Waals surface area contributed by atoms with Crippen molar-refractivity contribution in [1.82, 2.24) is 20.2 Å². The van der Waals surface area contributed by atoms with Crippen LogP contribution in [0.4, 0.5) is 5.82 Å². The maximum atomic E-state index is 12.3. The number of benzene rings is 1. The number of hydrogen-bond acceptors (Lipinski definition) is 4. The molecule has 0 fully saturated rings. The molecule has 0 spiro atoms. The average Bonchev–Trinajstić information content (AvgIpc) is 2.98. The first-order chi connectivity index (χ1) is 11.8. The van der Waals surface area contributed by atoms with Crippen molar-refractivity contribution in [1.29, 1.82) is 0 Å². The van der Waals surface area contributed by atoms with Crippen LogP contribution in [0, 0.1) is 27.7 Å². The molecule has 0 unspecified atom stereocenters. The van der Waals surface area contributed by atoms with Crippen LogP contribution in [0.25, 0.3) is 11.3 Å². The van der Waals surface area contributed by atoms with Gasteiger partial charge >= 0.3 is 0 Å². The average molecular weight is 337 g/mol. The number of aromatic nitrogens is 4. The van der Waals surface area contributed by atoms with E-state index in [4.69, 9.17) is 0 Å². The fraction of sp³-hybridized carbons (Fsp3) is 0.222. The van der Waals surface area contributed by atoms with E-state index in [0.29, 0.717) is 17.2 Å². The highest BCUT2D eigenvalue weighted by Gasteiger charge is 2.16. The lowest BCUT2D eigenvalue weighted by atomic mass is 10.1.